The van der Waals surface area contributed by atoms with Gasteiger partial charge in [-0.15, -0.1) is 11.3 Å². The number of rotatable bonds is 7. The van der Waals surface area contributed by atoms with Crippen LogP contribution in [0.5, 0.6) is 0 Å². The Kier molecular flexibility index (Phi) is 5.96. The summed E-state index contributed by atoms with van der Waals surface area (Å²) in [6, 6.07) is 21.4. The average Bonchev–Trinajstić information content (AvgIpc) is 3.19. The topological polar surface area (TPSA) is 46.9 Å². The molecule has 1 N–H and O–H groups in total. The smallest absolute Gasteiger partial charge is 0.262 e. The summed E-state index contributed by atoms with van der Waals surface area (Å²) < 4.78 is 1.80. The minimum absolute atomic E-state index is 0.131. The van der Waals surface area contributed by atoms with Gasteiger partial charge in [-0.25, -0.2) is 4.98 Å². The van der Waals surface area contributed by atoms with E-state index in [4.69, 9.17) is 0 Å². The lowest BCUT2D eigenvalue weighted by Gasteiger charge is -2.23. The highest BCUT2D eigenvalue weighted by Gasteiger charge is 2.25. The Labute approximate surface area is 186 Å². The zero-order valence-corrected chi connectivity index (χ0v) is 18.4. The molecule has 0 saturated carbocycles. The predicted molar refractivity (Wildman–Crippen MR) is 128 cm³/mol. The highest BCUT2D eigenvalue weighted by Crippen LogP contribution is 2.33. The van der Waals surface area contributed by atoms with E-state index in [1.807, 2.05) is 6.07 Å². The van der Waals surface area contributed by atoms with Gasteiger partial charge in [-0.05, 0) is 48.8 Å². The van der Waals surface area contributed by atoms with Crippen molar-refractivity contribution in [2.24, 2.45) is 0 Å². The molecule has 158 valence electrons. The second-order valence-electron chi connectivity index (χ2n) is 8.32. The van der Waals surface area contributed by atoms with Gasteiger partial charge < -0.3 is 5.32 Å². The van der Waals surface area contributed by atoms with Gasteiger partial charge in [-0.3, -0.25) is 9.36 Å². The quantitative estimate of drug-likeness (QED) is 0.462. The molecule has 0 amide bonds. The van der Waals surface area contributed by atoms with Crippen LogP contribution >= 0.6 is 11.3 Å². The molecule has 2 heterocycles. The summed E-state index contributed by atoms with van der Waals surface area (Å²) in [5.74, 6) is 0. The first-order valence-corrected chi connectivity index (χ1v) is 11.9. The van der Waals surface area contributed by atoms with Crippen molar-refractivity contribution in [1.29, 1.82) is 0 Å². The molecule has 1 aliphatic carbocycles. The third-order valence-electron chi connectivity index (χ3n) is 6.18. The van der Waals surface area contributed by atoms with E-state index in [0.717, 1.165) is 48.9 Å². The summed E-state index contributed by atoms with van der Waals surface area (Å²) in [4.78, 5) is 20.1. The fourth-order valence-corrected chi connectivity index (χ4v) is 5.75. The summed E-state index contributed by atoms with van der Waals surface area (Å²) in [5, 5.41) is 4.56. The van der Waals surface area contributed by atoms with Gasteiger partial charge in [0.15, 0.2) is 0 Å². The van der Waals surface area contributed by atoms with Crippen LogP contribution in [0.15, 0.2) is 71.8 Å². The normalized spacial score (nSPS) is 15.8. The standard InChI is InChI=1S/C26H27N3OS/c30-26-24-22-14-13-21(27-17-20-10-5-2-6-11-20)16-23(22)31-25(24)28-18-29(26)15-7-12-19-8-3-1-4-9-19/h1-6,8-11,18,21,27H,7,12-17H2. The lowest BCUT2D eigenvalue weighted by atomic mass is 9.93. The van der Waals surface area contributed by atoms with Crippen molar-refractivity contribution in [3.8, 4) is 0 Å². The summed E-state index contributed by atoms with van der Waals surface area (Å²) >= 11 is 1.70. The van der Waals surface area contributed by atoms with Gasteiger partial charge >= 0.3 is 0 Å². The van der Waals surface area contributed by atoms with Crippen LogP contribution in [0.3, 0.4) is 0 Å². The van der Waals surface area contributed by atoms with Crippen LogP contribution in [-0.2, 0) is 32.4 Å². The first-order valence-electron chi connectivity index (χ1n) is 11.1. The summed E-state index contributed by atoms with van der Waals surface area (Å²) in [6.45, 7) is 1.60. The van der Waals surface area contributed by atoms with Crippen LogP contribution in [0.25, 0.3) is 10.2 Å². The van der Waals surface area contributed by atoms with E-state index in [0.29, 0.717) is 12.6 Å². The molecule has 0 saturated heterocycles. The van der Waals surface area contributed by atoms with E-state index < -0.39 is 0 Å². The molecule has 0 fully saturated rings. The van der Waals surface area contributed by atoms with Gasteiger partial charge in [0.1, 0.15) is 4.83 Å². The molecule has 5 rings (SSSR count). The third-order valence-corrected chi connectivity index (χ3v) is 7.34. The lowest BCUT2D eigenvalue weighted by molar-refractivity contribution is 0.462. The van der Waals surface area contributed by atoms with Crippen molar-refractivity contribution in [2.45, 2.75) is 51.2 Å². The summed E-state index contributed by atoms with van der Waals surface area (Å²) in [6.07, 6.45) is 6.65. The third kappa shape index (κ3) is 4.48. The van der Waals surface area contributed by atoms with Crippen molar-refractivity contribution in [2.75, 3.05) is 0 Å². The molecule has 1 atom stereocenters. The van der Waals surface area contributed by atoms with Crippen molar-refractivity contribution >= 4 is 21.6 Å². The second kappa shape index (κ2) is 9.16. The van der Waals surface area contributed by atoms with E-state index in [1.165, 1.54) is 21.6 Å². The summed E-state index contributed by atoms with van der Waals surface area (Å²) in [5.41, 5.74) is 4.00. The molecule has 1 unspecified atom stereocenters. The maximum atomic E-state index is 13.2. The van der Waals surface area contributed by atoms with Gasteiger partial charge in [0.25, 0.3) is 5.56 Å². The molecule has 2 aromatic heterocycles. The Morgan fingerprint density at radius 1 is 1.03 bits per heavy atom. The van der Waals surface area contributed by atoms with Crippen molar-refractivity contribution in [3.05, 3.63) is 98.9 Å². The average molecular weight is 430 g/mol. The molecular weight excluding hydrogens is 402 g/mol. The largest absolute Gasteiger partial charge is 0.310 e. The first-order chi connectivity index (χ1) is 15.3. The molecule has 31 heavy (non-hydrogen) atoms. The fourth-order valence-electron chi connectivity index (χ4n) is 4.49. The molecule has 4 nitrogen and oxygen atoms in total. The molecule has 1 aliphatic rings. The highest BCUT2D eigenvalue weighted by molar-refractivity contribution is 7.18. The fraction of sp³-hybridized carbons (Fsp3) is 0.308. The van der Waals surface area contributed by atoms with Gasteiger partial charge in [0.2, 0.25) is 0 Å². The van der Waals surface area contributed by atoms with Gasteiger partial charge in [0.05, 0.1) is 11.7 Å². The molecule has 0 spiro atoms. The SMILES string of the molecule is O=c1c2c3c(sc2ncn1CCCc1ccccc1)CC(NCc1ccccc1)CC3. The van der Waals surface area contributed by atoms with Crippen LogP contribution in [0.4, 0.5) is 0 Å². The van der Waals surface area contributed by atoms with Crippen molar-refractivity contribution < 1.29 is 0 Å². The first kappa shape index (κ1) is 20.2. The number of fused-ring (bicyclic) bond motifs is 3. The molecule has 2 aromatic carbocycles. The maximum Gasteiger partial charge on any atom is 0.262 e. The Balaban J connectivity index is 1.28. The second-order valence-corrected chi connectivity index (χ2v) is 9.41. The molecule has 5 heteroatoms. The van der Waals surface area contributed by atoms with Gasteiger partial charge in [-0.2, -0.15) is 0 Å². The lowest BCUT2D eigenvalue weighted by Crippen LogP contribution is -2.33. The monoisotopic (exact) mass is 429 g/mol. The molecular formula is C26H27N3OS. The molecule has 0 radical (unpaired) electrons. The van der Waals surface area contributed by atoms with Crippen LogP contribution in [-0.4, -0.2) is 15.6 Å². The number of benzene rings is 2. The maximum absolute atomic E-state index is 13.2. The van der Waals surface area contributed by atoms with E-state index in [1.54, 1.807) is 22.2 Å². The van der Waals surface area contributed by atoms with Crippen molar-refractivity contribution in [3.63, 3.8) is 0 Å². The Bertz CT molecular complexity index is 1210. The zero-order valence-electron chi connectivity index (χ0n) is 17.6. The highest BCUT2D eigenvalue weighted by atomic mass is 32.1. The zero-order chi connectivity index (χ0) is 21.0. The minimum Gasteiger partial charge on any atom is -0.310 e. The van der Waals surface area contributed by atoms with Crippen LogP contribution in [0, 0.1) is 0 Å². The number of nitrogens with one attached hydrogen (secondary N) is 1. The van der Waals surface area contributed by atoms with Crippen LogP contribution < -0.4 is 10.9 Å². The number of hydrogen-bond donors (Lipinski definition) is 1. The molecule has 0 bridgehead atoms. The number of hydrogen-bond acceptors (Lipinski definition) is 4. The predicted octanol–water partition coefficient (Wildman–Crippen LogP) is 4.74. The van der Waals surface area contributed by atoms with E-state index in [-0.39, 0.29) is 5.56 Å². The number of aromatic nitrogens is 2. The van der Waals surface area contributed by atoms with Crippen LogP contribution in [0.1, 0.15) is 34.4 Å². The molecule has 4 aromatic rings. The van der Waals surface area contributed by atoms with E-state index in [9.17, 15) is 4.79 Å². The molecule has 0 aliphatic heterocycles. The van der Waals surface area contributed by atoms with E-state index >= 15 is 0 Å². The Morgan fingerprint density at radius 3 is 2.55 bits per heavy atom. The van der Waals surface area contributed by atoms with Gasteiger partial charge in [-0.1, -0.05) is 60.7 Å². The minimum atomic E-state index is 0.131. The number of nitrogens with zero attached hydrogens (tertiary/aromatic N) is 2. The Morgan fingerprint density at radius 2 is 1.77 bits per heavy atom. The Hall–Kier alpha value is -2.76. The van der Waals surface area contributed by atoms with Crippen LogP contribution in [0.2, 0.25) is 0 Å². The number of aryl methyl sites for hydroxylation is 3. The van der Waals surface area contributed by atoms with Crippen molar-refractivity contribution in [1.82, 2.24) is 14.9 Å². The van der Waals surface area contributed by atoms with Gasteiger partial charge in [0, 0.05) is 24.0 Å². The summed E-state index contributed by atoms with van der Waals surface area (Å²) in [7, 11) is 0. The number of thiophene rings is 1. The van der Waals surface area contributed by atoms with E-state index in [2.05, 4.69) is 64.9 Å².